The predicted molar refractivity (Wildman–Crippen MR) is 182 cm³/mol. The van der Waals surface area contributed by atoms with Crippen LogP contribution in [0.25, 0.3) is 28.0 Å². The number of piperazine rings is 1. The molecule has 246 valence electrons. The summed E-state index contributed by atoms with van der Waals surface area (Å²) >= 11 is 6.86. The molecule has 0 aliphatic carbocycles. The number of carbonyl (C=O) groups is 1. The summed E-state index contributed by atoms with van der Waals surface area (Å²) < 4.78 is 22.2. The summed E-state index contributed by atoms with van der Waals surface area (Å²) in [4.78, 5) is 42.5. The molecule has 3 aromatic heterocycles. The second-order valence-corrected chi connectivity index (χ2v) is 13.6. The molecule has 4 heterocycles. The number of anilines is 1. The SMILES string of the molecule is CC(C)c1nccc(CN(C)C)c1-n1c(=O)c(C#N)c(N2CCN(C(=O)OC(C)(C)C)CC2)c2cc(Cl)c(-c3ccccc3F)nc21. The molecule has 0 saturated carbocycles. The number of hydrogen-bond acceptors (Lipinski definition) is 8. The lowest BCUT2D eigenvalue weighted by Crippen LogP contribution is -2.50. The molecule has 1 amide bonds. The highest BCUT2D eigenvalue weighted by Crippen LogP contribution is 2.38. The van der Waals surface area contributed by atoms with Gasteiger partial charge in [0.1, 0.15) is 28.7 Å². The molecule has 47 heavy (non-hydrogen) atoms. The van der Waals surface area contributed by atoms with E-state index in [1.807, 2.05) is 64.6 Å². The Morgan fingerprint density at radius 1 is 1.13 bits per heavy atom. The first-order valence-corrected chi connectivity index (χ1v) is 15.9. The molecule has 10 nitrogen and oxygen atoms in total. The fraction of sp³-hybridized carbons (Fsp3) is 0.400. The van der Waals surface area contributed by atoms with Gasteiger partial charge in [0.2, 0.25) is 0 Å². The number of carbonyl (C=O) groups excluding carboxylic acids is 1. The van der Waals surface area contributed by atoms with Crippen molar-refractivity contribution < 1.29 is 13.9 Å². The van der Waals surface area contributed by atoms with Gasteiger partial charge in [0, 0.05) is 49.9 Å². The summed E-state index contributed by atoms with van der Waals surface area (Å²) in [6.45, 7) is 11.2. The smallest absolute Gasteiger partial charge is 0.410 e. The minimum Gasteiger partial charge on any atom is -0.444 e. The predicted octanol–water partition coefficient (Wildman–Crippen LogP) is 6.35. The van der Waals surface area contributed by atoms with Crippen molar-refractivity contribution in [3.8, 4) is 23.0 Å². The lowest BCUT2D eigenvalue weighted by molar-refractivity contribution is 0.0240. The van der Waals surface area contributed by atoms with Gasteiger partial charge in [-0.2, -0.15) is 5.26 Å². The Morgan fingerprint density at radius 3 is 2.40 bits per heavy atom. The Labute approximate surface area is 279 Å². The summed E-state index contributed by atoms with van der Waals surface area (Å²) in [5.41, 5.74) is 1.61. The molecule has 0 unspecified atom stereocenters. The van der Waals surface area contributed by atoms with E-state index in [0.717, 1.165) is 5.56 Å². The fourth-order valence-corrected chi connectivity index (χ4v) is 6.10. The third kappa shape index (κ3) is 6.80. The maximum absolute atomic E-state index is 15.2. The first-order chi connectivity index (χ1) is 22.2. The maximum Gasteiger partial charge on any atom is 0.410 e. The zero-order valence-electron chi connectivity index (χ0n) is 27.8. The molecular weight excluding hydrogens is 621 g/mol. The van der Waals surface area contributed by atoms with E-state index in [4.69, 9.17) is 21.3 Å². The van der Waals surface area contributed by atoms with Gasteiger partial charge >= 0.3 is 6.09 Å². The number of aromatic nitrogens is 3. The van der Waals surface area contributed by atoms with Gasteiger partial charge in [-0.1, -0.05) is 37.6 Å². The third-order valence-electron chi connectivity index (χ3n) is 7.86. The number of ether oxygens (including phenoxy) is 1. The molecule has 4 aromatic rings. The molecule has 0 bridgehead atoms. The summed E-state index contributed by atoms with van der Waals surface area (Å²) in [7, 11) is 3.85. The normalized spacial score (nSPS) is 13.8. The van der Waals surface area contributed by atoms with Crippen LogP contribution in [0.1, 0.15) is 57.4 Å². The average molecular weight is 660 g/mol. The molecule has 1 saturated heterocycles. The number of benzene rings is 1. The van der Waals surface area contributed by atoms with Gasteiger partial charge < -0.3 is 19.4 Å². The topological polar surface area (TPSA) is 108 Å². The van der Waals surface area contributed by atoms with Crippen molar-refractivity contribution in [2.24, 2.45) is 0 Å². The van der Waals surface area contributed by atoms with Crippen molar-refractivity contribution in [2.45, 2.75) is 52.7 Å². The number of hydrogen-bond donors (Lipinski definition) is 0. The average Bonchev–Trinajstić information content (AvgIpc) is 3.00. The van der Waals surface area contributed by atoms with Gasteiger partial charge in [0.25, 0.3) is 5.56 Å². The number of fused-ring (bicyclic) bond motifs is 1. The first-order valence-electron chi connectivity index (χ1n) is 15.5. The van der Waals surface area contributed by atoms with E-state index < -0.39 is 23.1 Å². The minimum absolute atomic E-state index is 0.0847. The summed E-state index contributed by atoms with van der Waals surface area (Å²) in [6.07, 6.45) is 1.28. The monoisotopic (exact) mass is 659 g/mol. The largest absolute Gasteiger partial charge is 0.444 e. The second-order valence-electron chi connectivity index (χ2n) is 13.2. The molecule has 0 atom stereocenters. The van der Waals surface area contributed by atoms with Crippen LogP contribution in [0.2, 0.25) is 5.02 Å². The Hall–Kier alpha value is -4.53. The molecular formula is C35H39ClFN7O3. The van der Waals surface area contributed by atoms with Gasteiger partial charge in [0.05, 0.1) is 27.8 Å². The van der Waals surface area contributed by atoms with Crippen LogP contribution >= 0.6 is 11.6 Å². The summed E-state index contributed by atoms with van der Waals surface area (Å²) in [6, 6.07) is 11.8. The van der Waals surface area contributed by atoms with Crippen molar-refractivity contribution >= 4 is 34.4 Å². The summed E-state index contributed by atoms with van der Waals surface area (Å²) in [5, 5.41) is 11.2. The highest BCUT2D eigenvalue weighted by atomic mass is 35.5. The van der Waals surface area contributed by atoms with Crippen molar-refractivity contribution in [2.75, 3.05) is 45.2 Å². The van der Waals surface area contributed by atoms with Crippen LogP contribution < -0.4 is 10.5 Å². The van der Waals surface area contributed by atoms with Crippen LogP contribution in [0.3, 0.4) is 0 Å². The second kappa shape index (κ2) is 13.3. The van der Waals surface area contributed by atoms with Crippen molar-refractivity contribution in [1.29, 1.82) is 5.26 Å². The van der Waals surface area contributed by atoms with Gasteiger partial charge in [0.15, 0.2) is 0 Å². The summed E-state index contributed by atoms with van der Waals surface area (Å²) in [5.74, 6) is -0.599. The lowest BCUT2D eigenvalue weighted by Gasteiger charge is -2.37. The molecule has 1 fully saturated rings. The van der Waals surface area contributed by atoms with Crippen molar-refractivity contribution in [3.05, 3.63) is 80.6 Å². The number of amides is 1. The lowest BCUT2D eigenvalue weighted by atomic mass is 10.0. The standard InChI is InChI=1S/C35H39ClFN7O3/c1-21(2)28-30(22(12-13-39-28)20-41(6)7)44-32-24(18-26(36)29(40-32)23-10-8-9-11-27(23)37)31(25(19-38)33(44)45)42-14-16-43(17-15-42)34(46)47-35(3,4)5/h8-13,18,21H,14-17,20H2,1-7H3. The molecule has 12 heteroatoms. The van der Waals surface area contributed by atoms with Crippen LogP contribution in [-0.2, 0) is 11.3 Å². The third-order valence-corrected chi connectivity index (χ3v) is 8.15. The van der Waals surface area contributed by atoms with E-state index >= 15 is 4.39 Å². The van der Waals surface area contributed by atoms with Gasteiger partial charge in [-0.15, -0.1) is 0 Å². The number of pyridine rings is 3. The van der Waals surface area contributed by atoms with Crippen LogP contribution in [0.5, 0.6) is 0 Å². The van der Waals surface area contributed by atoms with Crippen LogP contribution in [0, 0.1) is 17.1 Å². The van der Waals surface area contributed by atoms with Gasteiger partial charge in [-0.25, -0.2) is 14.2 Å². The number of nitrogens with zero attached hydrogens (tertiary/aromatic N) is 7. The number of halogens is 2. The Morgan fingerprint density at radius 2 is 1.81 bits per heavy atom. The number of rotatable bonds is 6. The number of nitriles is 1. The molecule has 1 aromatic carbocycles. The molecule has 5 rings (SSSR count). The minimum atomic E-state index is -0.645. The van der Waals surface area contributed by atoms with E-state index in [1.165, 1.54) is 10.6 Å². The quantitative estimate of drug-likeness (QED) is 0.236. The molecule has 0 spiro atoms. The Balaban J connectivity index is 1.81. The van der Waals surface area contributed by atoms with Gasteiger partial charge in [-0.05, 0) is 70.6 Å². The highest BCUT2D eigenvalue weighted by Gasteiger charge is 2.31. The Bertz CT molecular complexity index is 1940. The van der Waals surface area contributed by atoms with Crippen LogP contribution in [-0.4, -0.2) is 76.3 Å². The highest BCUT2D eigenvalue weighted by molar-refractivity contribution is 6.34. The van der Waals surface area contributed by atoms with Crippen molar-refractivity contribution in [3.63, 3.8) is 0 Å². The van der Waals surface area contributed by atoms with E-state index in [0.29, 0.717) is 55.2 Å². The maximum atomic E-state index is 15.2. The molecule has 1 aliphatic rings. The zero-order chi connectivity index (χ0) is 34.2. The van der Waals surface area contributed by atoms with E-state index in [2.05, 4.69) is 11.1 Å². The van der Waals surface area contributed by atoms with E-state index in [-0.39, 0.29) is 33.4 Å². The molecule has 1 aliphatic heterocycles. The first kappa shape index (κ1) is 33.8. The van der Waals surface area contributed by atoms with Crippen LogP contribution in [0.4, 0.5) is 14.9 Å². The van der Waals surface area contributed by atoms with E-state index in [9.17, 15) is 14.9 Å². The zero-order valence-corrected chi connectivity index (χ0v) is 28.5. The molecule has 0 N–H and O–H groups in total. The fourth-order valence-electron chi connectivity index (χ4n) is 5.85. The van der Waals surface area contributed by atoms with Gasteiger partial charge in [-0.3, -0.25) is 14.3 Å². The van der Waals surface area contributed by atoms with E-state index in [1.54, 1.807) is 35.4 Å². The van der Waals surface area contributed by atoms with Crippen LogP contribution in [0.15, 0.2) is 47.4 Å². The molecule has 0 radical (unpaired) electrons. The Kier molecular flexibility index (Phi) is 9.57. The van der Waals surface area contributed by atoms with Crippen molar-refractivity contribution in [1.82, 2.24) is 24.3 Å².